The molecule has 0 saturated heterocycles. The van der Waals surface area contributed by atoms with E-state index in [-0.39, 0.29) is 24.7 Å². The standard InChI is InChI=1S/C20H28N2O3.ClH/c23-19(9-6-10-20(24)25)21-13-4-5-14-22-15-11-18(12-16-22)17-7-2-1-3-8-17;/h1-3,7-8,11H,4-6,9-10,12-16H2,(H,21,23)(H,24,25);1H. The van der Waals surface area contributed by atoms with Crippen molar-refractivity contribution < 1.29 is 14.7 Å². The first kappa shape index (κ1) is 22.2. The summed E-state index contributed by atoms with van der Waals surface area (Å²) in [5.74, 6) is -0.895. The van der Waals surface area contributed by atoms with E-state index in [2.05, 4.69) is 40.6 Å². The van der Waals surface area contributed by atoms with Crippen LogP contribution in [0.15, 0.2) is 36.4 Å². The smallest absolute Gasteiger partial charge is 0.303 e. The third-order valence-electron chi connectivity index (χ3n) is 4.46. The van der Waals surface area contributed by atoms with Crippen LogP contribution in [-0.4, -0.2) is 48.1 Å². The Hall–Kier alpha value is -1.85. The van der Waals surface area contributed by atoms with E-state index in [0.29, 0.717) is 19.4 Å². The van der Waals surface area contributed by atoms with Crippen LogP contribution in [-0.2, 0) is 9.59 Å². The van der Waals surface area contributed by atoms with Crippen molar-refractivity contribution in [2.75, 3.05) is 26.2 Å². The second-order valence-electron chi connectivity index (χ2n) is 6.45. The Kier molecular flexibility index (Phi) is 10.7. The molecule has 2 rings (SSSR count). The number of halogens is 1. The summed E-state index contributed by atoms with van der Waals surface area (Å²) in [5, 5.41) is 11.4. The van der Waals surface area contributed by atoms with Crippen LogP contribution in [0.3, 0.4) is 0 Å². The zero-order chi connectivity index (χ0) is 17.9. The van der Waals surface area contributed by atoms with Crippen molar-refractivity contribution in [3.05, 3.63) is 42.0 Å². The number of carbonyl (C=O) groups excluding carboxylic acids is 1. The zero-order valence-corrected chi connectivity index (χ0v) is 16.0. The monoisotopic (exact) mass is 380 g/mol. The molecular formula is C20H29ClN2O3. The van der Waals surface area contributed by atoms with Crippen LogP contribution in [0.2, 0.25) is 0 Å². The van der Waals surface area contributed by atoms with Gasteiger partial charge in [-0.1, -0.05) is 36.4 Å². The summed E-state index contributed by atoms with van der Waals surface area (Å²) in [4.78, 5) is 24.4. The van der Waals surface area contributed by atoms with Crippen molar-refractivity contribution in [3.63, 3.8) is 0 Å². The first-order valence-electron chi connectivity index (χ1n) is 9.10. The summed E-state index contributed by atoms with van der Waals surface area (Å²) >= 11 is 0. The van der Waals surface area contributed by atoms with Gasteiger partial charge in [-0.3, -0.25) is 14.5 Å². The zero-order valence-electron chi connectivity index (χ0n) is 15.2. The highest BCUT2D eigenvalue weighted by Gasteiger charge is 2.12. The van der Waals surface area contributed by atoms with Gasteiger partial charge in [-0.25, -0.2) is 0 Å². The summed E-state index contributed by atoms with van der Waals surface area (Å²) in [6, 6.07) is 10.5. The van der Waals surface area contributed by atoms with Gasteiger partial charge in [-0.2, -0.15) is 0 Å². The number of rotatable bonds is 10. The van der Waals surface area contributed by atoms with E-state index in [9.17, 15) is 9.59 Å². The Morgan fingerprint density at radius 1 is 1.08 bits per heavy atom. The van der Waals surface area contributed by atoms with Crippen LogP contribution in [0, 0.1) is 0 Å². The normalized spacial score (nSPS) is 14.2. The molecule has 1 aromatic rings. The van der Waals surface area contributed by atoms with Crippen molar-refractivity contribution in [2.45, 2.75) is 38.5 Å². The number of nitrogens with one attached hydrogen (secondary N) is 1. The number of unbranched alkanes of at least 4 members (excludes halogenated alkanes) is 1. The average Bonchev–Trinajstić information content (AvgIpc) is 2.62. The van der Waals surface area contributed by atoms with Crippen molar-refractivity contribution in [2.24, 2.45) is 0 Å². The fraction of sp³-hybridized carbons (Fsp3) is 0.500. The van der Waals surface area contributed by atoms with Crippen LogP contribution in [0.1, 0.15) is 44.1 Å². The molecule has 26 heavy (non-hydrogen) atoms. The second kappa shape index (κ2) is 12.5. The topological polar surface area (TPSA) is 69.6 Å². The van der Waals surface area contributed by atoms with Crippen LogP contribution in [0.4, 0.5) is 0 Å². The van der Waals surface area contributed by atoms with Crippen molar-refractivity contribution in [1.29, 1.82) is 0 Å². The lowest BCUT2D eigenvalue weighted by Gasteiger charge is -2.26. The van der Waals surface area contributed by atoms with Gasteiger partial charge in [0, 0.05) is 32.5 Å². The molecule has 0 fully saturated rings. The summed E-state index contributed by atoms with van der Waals surface area (Å²) < 4.78 is 0. The Bertz CT molecular complexity index is 590. The van der Waals surface area contributed by atoms with E-state index in [1.54, 1.807) is 0 Å². The van der Waals surface area contributed by atoms with Gasteiger partial charge in [0.15, 0.2) is 0 Å². The van der Waals surface area contributed by atoms with Crippen molar-refractivity contribution >= 4 is 29.9 Å². The van der Waals surface area contributed by atoms with Gasteiger partial charge in [-0.05, 0) is 43.4 Å². The number of benzene rings is 1. The summed E-state index contributed by atoms with van der Waals surface area (Å²) in [6.07, 6.45) is 6.19. The lowest BCUT2D eigenvalue weighted by molar-refractivity contribution is -0.137. The maximum Gasteiger partial charge on any atom is 0.303 e. The third-order valence-corrected chi connectivity index (χ3v) is 4.46. The molecule has 0 unspecified atom stereocenters. The molecule has 1 aromatic carbocycles. The van der Waals surface area contributed by atoms with E-state index in [1.165, 1.54) is 11.1 Å². The highest BCUT2D eigenvalue weighted by atomic mass is 35.5. The number of hydrogen-bond donors (Lipinski definition) is 2. The van der Waals surface area contributed by atoms with E-state index in [4.69, 9.17) is 5.11 Å². The Morgan fingerprint density at radius 2 is 1.85 bits per heavy atom. The van der Waals surface area contributed by atoms with E-state index in [0.717, 1.165) is 38.9 Å². The van der Waals surface area contributed by atoms with Gasteiger partial charge < -0.3 is 10.4 Å². The Morgan fingerprint density at radius 3 is 2.50 bits per heavy atom. The molecular weight excluding hydrogens is 352 g/mol. The number of hydrogen-bond acceptors (Lipinski definition) is 3. The molecule has 1 aliphatic heterocycles. The maximum absolute atomic E-state index is 11.5. The molecule has 0 atom stereocenters. The lowest BCUT2D eigenvalue weighted by atomic mass is 9.99. The first-order valence-corrected chi connectivity index (χ1v) is 9.10. The molecule has 2 N–H and O–H groups in total. The number of carboxylic acid groups (broad SMARTS) is 1. The number of nitrogens with zero attached hydrogens (tertiary/aromatic N) is 1. The largest absolute Gasteiger partial charge is 0.481 e. The molecule has 5 nitrogen and oxygen atoms in total. The molecule has 6 heteroatoms. The fourth-order valence-electron chi connectivity index (χ4n) is 3.01. The van der Waals surface area contributed by atoms with Crippen LogP contribution in [0.25, 0.3) is 5.57 Å². The van der Waals surface area contributed by atoms with E-state index >= 15 is 0 Å². The number of carbonyl (C=O) groups is 2. The highest BCUT2D eigenvalue weighted by Crippen LogP contribution is 2.21. The molecule has 1 aliphatic rings. The van der Waals surface area contributed by atoms with Gasteiger partial charge >= 0.3 is 5.97 Å². The quantitative estimate of drug-likeness (QED) is 0.611. The van der Waals surface area contributed by atoms with Gasteiger partial charge in [-0.15, -0.1) is 12.4 Å². The molecule has 0 spiro atoms. The molecule has 0 radical (unpaired) electrons. The number of aliphatic carboxylic acids is 1. The first-order chi connectivity index (χ1) is 12.1. The minimum Gasteiger partial charge on any atom is -0.481 e. The van der Waals surface area contributed by atoms with Crippen LogP contribution < -0.4 is 5.32 Å². The average molecular weight is 381 g/mol. The molecule has 1 heterocycles. The van der Waals surface area contributed by atoms with Crippen molar-refractivity contribution in [1.82, 2.24) is 10.2 Å². The molecule has 0 saturated carbocycles. The van der Waals surface area contributed by atoms with E-state index in [1.807, 2.05) is 6.07 Å². The summed E-state index contributed by atoms with van der Waals surface area (Å²) in [5.41, 5.74) is 2.76. The van der Waals surface area contributed by atoms with Crippen molar-refractivity contribution in [3.8, 4) is 0 Å². The molecule has 0 aliphatic carbocycles. The van der Waals surface area contributed by atoms with Gasteiger partial charge in [0.1, 0.15) is 0 Å². The van der Waals surface area contributed by atoms with Gasteiger partial charge in [0.25, 0.3) is 0 Å². The summed E-state index contributed by atoms with van der Waals surface area (Å²) in [7, 11) is 0. The molecule has 0 aromatic heterocycles. The molecule has 0 bridgehead atoms. The van der Waals surface area contributed by atoms with Gasteiger partial charge in [0.2, 0.25) is 5.91 Å². The SMILES string of the molecule is Cl.O=C(O)CCCC(=O)NCCCCN1CC=C(c2ccccc2)CC1. The second-order valence-corrected chi connectivity index (χ2v) is 6.45. The van der Waals surface area contributed by atoms with Crippen LogP contribution in [0.5, 0.6) is 0 Å². The van der Waals surface area contributed by atoms with Gasteiger partial charge in [0.05, 0.1) is 0 Å². The Balaban J connectivity index is 0.00000338. The maximum atomic E-state index is 11.5. The fourth-order valence-corrected chi connectivity index (χ4v) is 3.01. The highest BCUT2D eigenvalue weighted by molar-refractivity contribution is 5.85. The minimum atomic E-state index is -0.848. The number of carboxylic acids is 1. The lowest BCUT2D eigenvalue weighted by Crippen LogP contribution is -2.30. The van der Waals surface area contributed by atoms with E-state index < -0.39 is 5.97 Å². The predicted octanol–water partition coefficient (Wildman–Crippen LogP) is 3.35. The summed E-state index contributed by atoms with van der Waals surface area (Å²) in [6.45, 7) is 3.80. The number of amides is 1. The molecule has 1 amide bonds. The Labute approximate surface area is 161 Å². The predicted molar refractivity (Wildman–Crippen MR) is 106 cm³/mol. The third kappa shape index (κ3) is 8.50. The molecule has 144 valence electrons. The minimum absolute atomic E-state index is 0. The van der Waals surface area contributed by atoms with Crippen LogP contribution >= 0.6 is 12.4 Å².